The van der Waals surface area contributed by atoms with Crippen LogP contribution < -0.4 is 15.6 Å². The van der Waals surface area contributed by atoms with Crippen molar-refractivity contribution in [3.05, 3.63) is 24.3 Å². The number of hydrogen-bond donors (Lipinski definition) is 2. The van der Waals surface area contributed by atoms with Gasteiger partial charge in [0.25, 0.3) is 0 Å². The first-order valence-corrected chi connectivity index (χ1v) is 5.63. The van der Waals surface area contributed by atoms with Crippen LogP contribution in [0.25, 0.3) is 0 Å². The third-order valence-corrected chi connectivity index (χ3v) is 1.95. The smallest absolute Gasteiger partial charge is 0.398 e. The molecule has 0 unspecified atom stereocenters. The number of esters is 1. The molecule has 1 aromatic carbocycles. The normalized spacial score (nSPS) is 9.44. The Kier molecular flexibility index (Phi) is 5.50. The van der Waals surface area contributed by atoms with Crippen molar-refractivity contribution in [1.82, 2.24) is 5.43 Å². The lowest BCUT2D eigenvalue weighted by Gasteiger charge is -2.08. The highest BCUT2D eigenvalue weighted by molar-refractivity contribution is 6.32. The molecule has 0 saturated heterocycles. The van der Waals surface area contributed by atoms with Gasteiger partial charge in [-0.3, -0.25) is 15.6 Å². The van der Waals surface area contributed by atoms with Crippen molar-refractivity contribution in [2.75, 3.05) is 18.6 Å². The van der Waals surface area contributed by atoms with Gasteiger partial charge in [0.05, 0.1) is 18.9 Å². The fourth-order valence-corrected chi connectivity index (χ4v) is 1.18. The van der Waals surface area contributed by atoms with Crippen LogP contribution in [0.15, 0.2) is 24.3 Å². The Hall–Kier alpha value is -2.24. The summed E-state index contributed by atoms with van der Waals surface area (Å²) in [5.74, 6) is -1.03. The molecule has 1 aromatic rings. The lowest BCUT2D eigenvalue weighted by molar-refractivity contribution is -0.154. The number of anilines is 1. The second-order valence-electron chi connectivity index (χ2n) is 3.26. The summed E-state index contributed by atoms with van der Waals surface area (Å²) >= 11 is 0. The van der Waals surface area contributed by atoms with Crippen molar-refractivity contribution >= 4 is 17.6 Å². The third-order valence-electron chi connectivity index (χ3n) is 1.95. The van der Waals surface area contributed by atoms with Gasteiger partial charge in [-0.25, -0.2) is 4.79 Å². The highest BCUT2D eigenvalue weighted by Gasteiger charge is 2.13. The van der Waals surface area contributed by atoms with Crippen LogP contribution in [0, 0.1) is 0 Å². The Morgan fingerprint density at radius 3 is 2.33 bits per heavy atom. The average molecular weight is 252 g/mol. The summed E-state index contributed by atoms with van der Waals surface area (Å²) in [7, 11) is 0. The Morgan fingerprint density at radius 2 is 1.78 bits per heavy atom. The van der Waals surface area contributed by atoms with Crippen LogP contribution in [0.4, 0.5) is 5.69 Å². The maximum absolute atomic E-state index is 11.2. The molecular formula is C12H16N2O4. The van der Waals surface area contributed by atoms with Gasteiger partial charge in [-0.1, -0.05) is 0 Å². The van der Waals surface area contributed by atoms with E-state index < -0.39 is 11.9 Å². The standard InChI is InChI=1S/C12H16N2O4/c1-3-17-10-7-5-9(6-8-10)13-14-11(15)12(16)18-4-2/h5-8,13H,3-4H2,1-2H3,(H,14,15). The molecule has 0 aromatic heterocycles. The predicted molar refractivity (Wildman–Crippen MR) is 66.0 cm³/mol. The number of nitrogens with one attached hydrogen (secondary N) is 2. The summed E-state index contributed by atoms with van der Waals surface area (Å²) in [6, 6.07) is 6.94. The minimum atomic E-state index is -0.920. The van der Waals surface area contributed by atoms with Crippen molar-refractivity contribution in [2.24, 2.45) is 0 Å². The molecule has 0 aliphatic carbocycles. The van der Waals surface area contributed by atoms with Crippen molar-refractivity contribution in [3.63, 3.8) is 0 Å². The van der Waals surface area contributed by atoms with E-state index in [1.54, 1.807) is 31.2 Å². The van der Waals surface area contributed by atoms with Crippen LogP contribution in [0.5, 0.6) is 5.75 Å². The minimum Gasteiger partial charge on any atom is -0.494 e. The molecule has 0 heterocycles. The number of rotatable bonds is 5. The van der Waals surface area contributed by atoms with E-state index in [1.165, 1.54) is 0 Å². The Morgan fingerprint density at radius 1 is 1.11 bits per heavy atom. The van der Waals surface area contributed by atoms with Crippen LogP contribution in [-0.4, -0.2) is 25.1 Å². The first-order valence-electron chi connectivity index (χ1n) is 5.63. The fraction of sp³-hybridized carbons (Fsp3) is 0.333. The van der Waals surface area contributed by atoms with E-state index in [0.717, 1.165) is 5.75 Å². The highest BCUT2D eigenvalue weighted by Crippen LogP contribution is 2.14. The summed E-state index contributed by atoms with van der Waals surface area (Å²) in [4.78, 5) is 22.2. The van der Waals surface area contributed by atoms with Crippen molar-refractivity contribution in [1.29, 1.82) is 0 Å². The minimum absolute atomic E-state index is 0.162. The number of carbonyl (C=O) groups excluding carboxylic acids is 2. The molecule has 0 aliphatic rings. The number of carbonyl (C=O) groups is 2. The van der Waals surface area contributed by atoms with Crippen LogP contribution in [-0.2, 0) is 14.3 Å². The van der Waals surface area contributed by atoms with Gasteiger partial charge >= 0.3 is 11.9 Å². The molecule has 18 heavy (non-hydrogen) atoms. The van der Waals surface area contributed by atoms with Gasteiger partial charge in [-0.2, -0.15) is 0 Å². The van der Waals surface area contributed by atoms with Crippen molar-refractivity contribution in [3.8, 4) is 5.75 Å². The molecule has 0 radical (unpaired) electrons. The maximum Gasteiger partial charge on any atom is 0.398 e. The molecule has 0 spiro atoms. The average Bonchev–Trinajstić information content (AvgIpc) is 2.38. The van der Waals surface area contributed by atoms with E-state index in [0.29, 0.717) is 12.3 Å². The molecule has 6 nitrogen and oxygen atoms in total. The molecule has 6 heteroatoms. The van der Waals surface area contributed by atoms with Gasteiger partial charge in [0, 0.05) is 0 Å². The van der Waals surface area contributed by atoms with Gasteiger partial charge in [0.2, 0.25) is 0 Å². The van der Waals surface area contributed by atoms with E-state index in [1.807, 2.05) is 6.92 Å². The fourth-order valence-electron chi connectivity index (χ4n) is 1.18. The van der Waals surface area contributed by atoms with Crippen molar-refractivity contribution in [2.45, 2.75) is 13.8 Å². The van der Waals surface area contributed by atoms with E-state index in [9.17, 15) is 9.59 Å². The highest BCUT2D eigenvalue weighted by atomic mass is 16.5. The molecule has 0 aliphatic heterocycles. The first-order chi connectivity index (χ1) is 8.67. The van der Waals surface area contributed by atoms with Gasteiger partial charge in [-0.05, 0) is 38.1 Å². The lowest BCUT2D eigenvalue weighted by atomic mass is 10.3. The predicted octanol–water partition coefficient (Wildman–Crippen LogP) is 1.09. The van der Waals surface area contributed by atoms with E-state index in [-0.39, 0.29) is 6.61 Å². The topological polar surface area (TPSA) is 76.7 Å². The van der Waals surface area contributed by atoms with Gasteiger partial charge < -0.3 is 9.47 Å². The van der Waals surface area contributed by atoms with E-state index >= 15 is 0 Å². The molecule has 1 rings (SSSR count). The van der Waals surface area contributed by atoms with Crippen molar-refractivity contribution < 1.29 is 19.1 Å². The molecule has 0 atom stereocenters. The number of hydrogen-bond acceptors (Lipinski definition) is 5. The quantitative estimate of drug-likeness (QED) is 0.466. The van der Waals surface area contributed by atoms with Gasteiger partial charge in [-0.15, -0.1) is 0 Å². The zero-order valence-corrected chi connectivity index (χ0v) is 10.4. The number of ether oxygens (including phenoxy) is 2. The molecule has 1 amide bonds. The summed E-state index contributed by atoms with van der Waals surface area (Å²) in [5, 5.41) is 0. The van der Waals surface area contributed by atoms with Crippen LogP contribution >= 0.6 is 0 Å². The third kappa shape index (κ3) is 4.32. The monoisotopic (exact) mass is 252 g/mol. The molecule has 0 fully saturated rings. The van der Waals surface area contributed by atoms with Gasteiger partial charge in [0.1, 0.15) is 5.75 Å². The molecule has 0 saturated carbocycles. The lowest BCUT2D eigenvalue weighted by Crippen LogP contribution is -2.36. The number of benzene rings is 1. The Labute approximate surface area is 105 Å². The largest absolute Gasteiger partial charge is 0.494 e. The molecule has 2 N–H and O–H groups in total. The zero-order chi connectivity index (χ0) is 13.4. The van der Waals surface area contributed by atoms with Crippen LogP contribution in [0.1, 0.15) is 13.8 Å². The first kappa shape index (κ1) is 13.8. The number of hydrazine groups is 1. The second kappa shape index (κ2) is 7.16. The van der Waals surface area contributed by atoms with E-state index in [2.05, 4.69) is 15.6 Å². The molecular weight excluding hydrogens is 236 g/mol. The summed E-state index contributed by atoms with van der Waals surface area (Å²) in [6.45, 7) is 4.28. The maximum atomic E-state index is 11.2. The molecule has 98 valence electrons. The second-order valence-corrected chi connectivity index (χ2v) is 3.26. The zero-order valence-electron chi connectivity index (χ0n) is 10.4. The summed E-state index contributed by atoms with van der Waals surface area (Å²) < 4.78 is 9.80. The SMILES string of the molecule is CCOC(=O)C(=O)NNc1ccc(OCC)cc1. The van der Waals surface area contributed by atoms with E-state index in [4.69, 9.17) is 4.74 Å². The Bertz CT molecular complexity index is 403. The Balaban J connectivity index is 2.43. The number of amides is 1. The van der Waals surface area contributed by atoms with Gasteiger partial charge in [0.15, 0.2) is 0 Å². The molecule has 0 bridgehead atoms. The van der Waals surface area contributed by atoms with Crippen LogP contribution in [0.3, 0.4) is 0 Å². The summed E-state index contributed by atoms with van der Waals surface area (Å²) in [6.07, 6.45) is 0. The van der Waals surface area contributed by atoms with Crippen LogP contribution in [0.2, 0.25) is 0 Å². The summed E-state index contributed by atoms with van der Waals surface area (Å²) in [5.41, 5.74) is 5.46.